The number of hydrogen-bond acceptors (Lipinski definition) is 5. The highest BCUT2D eigenvalue weighted by Crippen LogP contribution is 2.10. The number of methoxy groups -OCH3 is 1. The predicted molar refractivity (Wildman–Crippen MR) is 73.1 cm³/mol. The summed E-state index contributed by atoms with van der Waals surface area (Å²) in [7, 11) is 1.54. The Labute approximate surface area is 111 Å². The fourth-order valence-corrected chi connectivity index (χ4v) is 1.25. The molecule has 0 unspecified atom stereocenters. The number of nitriles is 1. The summed E-state index contributed by atoms with van der Waals surface area (Å²) in [5.41, 5.74) is 6.93. The maximum atomic E-state index is 11.6. The summed E-state index contributed by atoms with van der Waals surface area (Å²) in [4.78, 5) is 11.6. The van der Waals surface area contributed by atoms with Gasteiger partial charge in [0.1, 0.15) is 11.6 Å². The quantitative estimate of drug-likeness (QED) is 0.305. The van der Waals surface area contributed by atoms with Gasteiger partial charge in [-0.15, -0.1) is 0 Å². The van der Waals surface area contributed by atoms with E-state index in [1.807, 2.05) is 6.07 Å². The van der Waals surface area contributed by atoms with Gasteiger partial charge >= 0.3 is 0 Å². The summed E-state index contributed by atoms with van der Waals surface area (Å²) < 4.78 is 4.80. The van der Waals surface area contributed by atoms with Gasteiger partial charge < -0.3 is 21.1 Å². The van der Waals surface area contributed by atoms with Crippen LogP contribution in [-0.4, -0.2) is 26.2 Å². The van der Waals surface area contributed by atoms with Gasteiger partial charge in [-0.25, -0.2) is 0 Å². The van der Waals surface area contributed by atoms with E-state index in [-0.39, 0.29) is 5.57 Å². The molecule has 1 amide bonds. The maximum absolute atomic E-state index is 11.6. The van der Waals surface area contributed by atoms with E-state index < -0.39 is 5.91 Å². The number of nitrogen functional groups attached to an aromatic ring is 1. The van der Waals surface area contributed by atoms with Gasteiger partial charge in [0.25, 0.3) is 5.91 Å². The lowest BCUT2D eigenvalue weighted by Crippen LogP contribution is -2.28. The van der Waals surface area contributed by atoms with Gasteiger partial charge in [0.05, 0.1) is 6.61 Å². The third-order valence-electron chi connectivity index (χ3n) is 2.25. The number of carbonyl (C=O) groups is 1. The van der Waals surface area contributed by atoms with Crippen molar-refractivity contribution < 1.29 is 9.53 Å². The molecule has 4 N–H and O–H groups in total. The van der Waals surface area contributed by atoms with Gasteiger partial charge in [-0.2, -0.15) is 5.26 Å². The average molecular weight is 260 g/mol. The Balaban J connectivity index is 2.59. The van der Waals surface area contributed by atoms with Crippen molar-refractivity contribution >= 4 is 17.3 Å². The third-order valence-corrected chi connectivity index (χ3v) is 2.25. The molecule has 1 aromatic rings. The molecule has 1 aromatic carbocycles. The van der Waals surface area contributed by atoms with Crippen molar-refractivity contribution in [1.29, 1.82) is 5.26 Å². The zero-order chi connectivity index (χ0) is 14.1. The van der Waals surface area contributed by atoms with Crippen LogP contribution >= 0.6 is 0 Å². The Morgan fingerprint density at radius 2 is 2.16 bits per heavy atom. The van der Waals surface area contributed by atoms with Crippen LogP contribution in [0.3, 0.4) is 0 Å². The second-order valence-electron chi connectivity index (χ2n) is 3.68. The molecule has 0 radical (unpaired) electrons. The van der Waals surface area contributed by atoms with E-state index in [0.717, 1.165) is 5.69 Å². The van der Waals surface area contributed by atoms with Crippen LogP contribution in [0, 0.1) is 11.3 Å². The first-order valence-electron chi connectivity index (χ1n) is 5.67. The van der Waals surface area contributed by atoms with E-state index in [0.29, 0.717) is 18.8 Å². The van der Waals surface area contributed by atoms with Gasteiger partial charge in [0, 0.05) is 31.2 Å². The van der Waals surface area contributed by atoms with Crippen LogP contribution < -0.4 is 16.4 Å². The van der Waals surface area contributed by atoms with E-state index in [2.05, 4.69) is 10.6 Å². The lowest BCUT2D eigenvalue weighted by Gasteiger charge is -2.04. The molecule has 0 saturated carbocycles. The molecule has 0 saturated heterocycles. The summed E-state index contributed by atoms with van der Waals surface area (Å²) in [5, 5.41) is 14.3. The van der Waals surface area contributed by atoms with Crippen molar-refractivity contribution in [2.75, 3.05) is 31.3 Å². The van der Waals surface area contributed by atoms with Crippen molar-refractivity contribution in [3.05, 3.63) is 36.0 Å². The van der Waals surface area contributed by atoms with Crippen LogP contribution in [-0.2, 0) is 9.53 Å². The van der Waals surface area contributed by atoms with Gasteiger partial charge in [-0.05, 0) is 24.3 Å². The largest absolute Gasteiger partial charge is 0.399 e. The molecule has 0 aliphatic carbocycles. The van der Waals surface area contributed by atoms with Crippen LogP contribution in [0.15, 0.2) is 36.0 Å². The highest BCUT2D eigenvalue weighted by atomic mass is 16.5. The highest BCUT2D eigenvalue weighted by molar-refractivity contribution is 5.97. The molecule has 0 spiro atoms. The molecular weight excluding hydrogens is 244 g/mol. The zero-order valence-corrected chi connectivity index (χ0v) is 10.6. The Bertz CT molecular complexity index is 488. The SMILES string of the molecule is COCCNC(=O)/C(C#N)=C\Nc1ccc(N)cc1. The monoisotopic (exact) mass is 260 g/mol. The number of hydrogen-bond donors (Lipinski definition) is 3. The van der Waals surface area contributed by atoms with Gasteiger partial charge in [-0.1, -0.05) is 0 Å². The lowest BCUT2D eigenvalue weighted by atomic mass is 10.2. The topological polar surface area (TPSA) is 100 Å². The Morgan fingerprint density at radius 1 is 1.47 bits per heavy atom. The first-order valence-corrected chi connectivity index (χ1v) is 5.67. The van der Waals surface area contributed by atoms with Crippen molar-refractivity contribution in [3.8, 4) is 6.07 Å². The standard InChI is InChI=1S/C13H16N4O2/c1-19-7-6-16-13(18)10(8-14)9-17-12-4-2-11(15)3-5-12/h2-5,9,17H,6-7,15H2,1H3,(H,16,18)/b10-9-. The summed E-state index contributed by atoms with van der Waals surface area (Å²) >= 11 is 0. The van der Waals surface area contributed by atoms with E-state index >= 15 is 0 Å². The predicted octanol–water partition coefficient (Wildman–Crippen LogP) is 0.851. The van der Waals surface area contributed by atoms with Crippen LogP contribution in [0.25, 0.3) is 0 Å². The smallest absolute Gasteiger partial charge is 0.263 e. The second kappa shape index (κ2) is 7.74. The fourth-order valence-electron chi connectivity index (χ4n) is 1.25. The molecule has 19 heavy (non-hydrogen) atoms. The van der Waals surface area contributed by atoms with Crippen molar-refractivity contribution in [2.45, 2.75) is 0 Å². The molecule has 1 rings (SSSR count). The van der Waals surface area contributed by atoms with Gasteiger partial charge in [0.2, 0.25) is 0 Å². The number of nitrogens with two attached hydrogens (primary N) is 1. The molecule has 0 aliphatic heterocycles. The number of nitrogens with zero attached hydrogens (tertiary/aromatic N) is 1. The normalized spacial score (nSPS) is 10.6. The fraction of sp³-hybridized carbons (Fsp3) is 0.231. The van der Waals surface area contributed by atoms with Crippen LogP contribution in [0.1, 0.15) is 0 Å². The van der Waals surface area contributed by atoms with Crippen molar-refractivity contribution in [3.63, 3.8) is 0 Å². The van der Waals surface area contributed by atoms with E-state index in [1.54, 1.807) is 24.3 Å². The van der Waals surface area contributed by atoms with Crippen LogP contribution in [0.2, 0.25) is 0 Å². The van der Waals surface area contributed by atoms with Gasteiger partial charge in [-0.3, -0.25) is 4.79 Å². The Morgan fingerprint density at radius 3 is 2.74 bits per heavy atom. The van der Waals surface area contributed by atoms with Crippen LogP contribution in [0.5, 0.6) is 0 Å². The molecule has 0 atom stereocenters. The number of rotatable bonds is 6. The minimum absolute atomic E-state index is 0.00655. The summed E-state index contributed by atoms with van der Waals surface area (Å²) in [6, 6.07) is 8.78. The van der Waals surface area contributed by atoms with E-state index in [9.17, 15) is 4.79 Å². The molecule has 0 aromatic heterocycles. The summed E-state index contributed by atoms with van der Waals surface area (Å²) in [6.45, 7) is 0.756. The number of ether oxygens (including phenoxy) is 1. The molecule has 6 nitrogen and oxygen atoms in total. The zero-order valence-electron chi connectivity index (χ0n) is 10.6. The first-order chi connectivity index (χ1) is 9.17. The molecule has 0 bridgehead atoms. The number of amides is 1. The molecular formula is C13H16N4O2. The molecule has 0 heterocycles. The summed E-state index contributed by atoms with van der Waals surface area (Å²) in [5.74, 6) is -0.442. The van der Waals surface area contributed by atoms with Crippen LogP contribution in [0.4, 0.5) is 11.4 Å². The first kappa shape index (κ1) is 14.5. The Hall–Kier alpha value is -2.52. The van der Waals surface area contributed by atoms with E-state index in [4.69, 9.17) is 15.7 Å². The molecule has 0 aliphatic rings. The van der Waals surface area contributed by atoms with E-state index in [1.165, 1.54) is 13.3 Å². The second-order valence-corrected chi connectivity index (χ2v) is 3.68. The number of carbonyl (C=O) groups excluding carboxylic acids is 1. The number of benzene rings is 1. The highest BCUT2D eigenvalue weighted by Gasteiger charge is 2.07. The minimum Gasteiger partial charge on any atom is -0.399 e. The maximum Gasteiger partial charge on any atom is 0.263 e. The summed E-state index contributed by atoms with van der Waals surface area (Å²) in [6.07, 6.45) is 1.35. The third kappa shape index (κ3) is 5.10. The molecule has 6 heteroatoms. The molecule has 0 fully saturated rings. The number of anilines is 2. The van der Waals surface area contributed by atoms with Crippen molar-refractivity contribution in [1.82, 2.24) is 5.32 Å². The molecule has 100 valence electrons. The average Bonchev–Trinajstić information content (AvgIpc) is 2.42. The lowest BCUT2D eigenvalue weighted by molar-refractivity contribution is -0.117. The van der Waals surface area contributed by atoms with Gasteiger partial charge in [0.15, 0.2) is 0 Å². The van der Waals surface area contributed by atoms with Crippen molar-refractivity contribution in [2.24, 2.45) is 0 Å². The Kier molecular flexibility index (Phi) is 5.92. The number of nitrogens with one attached hydrogen (secondary N) is 2. The minimum atomic E-state index is -0.442.